The van der Waals surface area contributed by atoms with E-state index >= 15 is 0 Å². The van der Waals surface area contributed by atoms with E-state index in [-0.39, 0.29) is 11.8 Å². The molecule has 4 heterocycles. The van der Waals surface area contributed by atoms with Crippen molar-refractivity contribution in [1.29, 1.82) is 0 Å². The van der Waals surface area contributed by atoms with Crippen molar-refractivity contribution >= 4 is 23.4 Å². The highest BCUT2D eigenvalue weighted by Crippen LogP contribution is 2.37. The van der Waals surface area contributed by atoms with Crippen LogP contribution in [0.2, 0.25) is 0 Å². The minimum atomic E-state index is -4.30. The molecule has 1 aromatic heterocycles. The highest BCUT2D eigenvalue weighted by atomic mass is 32.2. The van der Waals surface area contributed by atoms with Gasteiger partial charge in [0, 0.05) is 63.0 Å². The Bertz CT molecular complexity index is 1040. The number of carbonyl (C=O) groups is 1. The minimum absolute atomic E-state index is 0.0747. The Morgan fingerprint density at radius 3 is 2.69 bits per heavy atom. The molecule has 3 saturated heterocycles. The first kappa shape index (κ1) is 24.4. The molecule has 2 aromatic rings. The van der Waals surface area contributed by atoms with E-state index in [1.54, 1.807) is 23.9 Å². The highest BCUT2D eigenvalue weighted by Gasteiger charge is 2.41. The molecular weight excluding hydrogens is 477 g/mol. The second kappa shape index (κ2) is 10.0. The van der Waals surface area contributed by atoms with E-state index in [1.165, 1.54) is 12.1 Å². The van der Waals surface area contributed by atoms with E-state index in [4.69, 9.17) is 0 Å². The first-order chi connectivity index (χ1) is 16.8. The lowest BCUT2D eigenvalue weighted by atomic mass is 9.97. The molecule has 7 nitrogen and oxygen atoms in total. The molecule has 0 aliphatic carbocycles. The zero-order chi connectivity index (χ0) is 24.6. The molecule has 0 radical (unpaired) electrons. The molecule has 0 spiro atoms. The van der Waals surface area contributed by atoms with Gasteiger partial charge >= 0.3 is 6.18 Å². The van der Waals surface area contributed by atoms with Crippen molar-refractivity contribution in [2.24, 2.45) is 13.0 Å². The van der Waals surface area contributed by atoms with Crippen LogP contribution in [0, 0.1) is 5.92 Å². The third kappa shape index (κ3) is 5.30. The molecule has 3 atom stereocenters. The average molecular weight is 509 g/mol. The fourth-order valence-corrected chi connectivity index (χ4v) is 6.50. The van der Waals surface area contributed by atoms with Crippen LogP contribution in [0.4, 0.5) is 18.9 Å². The number of rotatable bonds is 7. The summed E-state index contributed by atoms with van der Waals surface area (Å²) in [5, 5.41) is 12.5. The lowest BCUT2D eigenvalue weighted by Crippen LogP contribution is -2.35. The molecule has 0 saturated carbocycles. The van der Waals surface area contributed by atoms with Gasteiger partial charge in [-0.1, -0.05) is 11.8 Å². The summed E-state index contributed by atoms with van der Waals surface area (Å²) < 4.78 is 40.7. The Morgan fingerprint density at radius 2 is 1.94 bits per heavy atom. The summed E-state index contributed by atoms with van der Waals surface area (Å²) in [4.78, 5) is 16.5. The van der Waals surface area contributed by atoms with E-state index in [2.05, 4.69) is 25.3 Å². The molecule has 35 heavy (non-hydrogen) atoms. The van der Waals surface area contributed by atoms with Gasteiger partial charge in [0.2, 0.25) is 5.91 Å². The summed E-state index contributed by atoms with van der Waals surface area (Å²) in [6.07, 6.45) is -0.829. The Labute approximate surface area is 207 Å². The Hall–Kier alpha value is -2.27. The van der Waals surface area contributed by atoms with Gasteiger partial charge in [-0.25, -0.2) is 0 Å². The fraction of sp³-hybridized carbons (Fsp3) is 0.625. The maximum atomic E-state index is 12.9. The maximum Gasteiger partial charge on any atom is 0.416 e. The normalized spacial score (nSPS) is 25.2. The molecule has 5 rings (SSSR count). The number of hydrogen-bond acceptors (Lipinski definition) is 6. The van der Waals surface area contributed by atoms with Crippen molar-refractivity contribution in [1.82, 2.24) is 25.0 Å². The van der Waals surface area contributed by atoms with Gasteiger partial charge < -0.3 is 19.7 Å². The number of benzene rings is 1. The predicted octanol–water partition coefficient (Wildman–Crippen LogP) is 3.52. The lowest BCUT2D eigenvalue weighted by molar-refractivity contribution is -0.137. The van der Waals surface area contributed by atoms with Gasteiger partial charge in [0.1, 0.15) is 5.82 Å². The number of piperidine rings is 1. The second-order valence-electron chi connectivity index (χ2n) is 9.76. The number of halogens is 3. The van der Waals surface area contributed by atoms with E-state index in [1.807, 2.05) is 11.6 Å². The summed E-state index contributed by atoms with van der Waals surface area (Å²) in [5.74, 6) is 2.60. The van der Waals surface area contributed by atoms with E-state index in [0.29, 0.717) is 24.9 Å². The molecule has 3 aliphatic rings. The Kier molecular flexibility index (Phi) is 6.98. The molecule has 1 N–H and O–H groups in total. The maximum absolute atomic E-state index is 12.9. The zero-order valence-corrected chi connectivity index (χ0v) is 20.6. The third-order valence-electron chi connectivity index (χ3n) is 7.48. The molecule has 3 fully saturated rings. The molecular formula is C24H31F3N6OS. The average Bonchev–Trinajstić information content (AvgIpc) is 3.51. The second-order valence-corrected chi connectivity index (χ2v) is 10.8. The number of carbonyl (C=O) groups excluding carboxylic acids is 1. The Morgan fingerprint density at radius 1 is 1.14 bits per heavy atom. The highest BCUT2D eigenvalue weighted by molar-refractivity contribution is 7.99. The van der Waals surface area contributed by atoms with Gasteiger partial charge in [-0.15, -0.1) is 10.2 Å². The topological polar surface area (TPSA) is 66.3 Å². The van der Waals surface area contributed by atoms with Crippen molar-refractivity contribution in [2.75, 3.05) is 43.4 Å². The number of fused-ring (bicyclic) bond motifs is 1. The molecule has 11 heteroatoms. The van der Waals surface area contributed by atoms with E-state index < -0.39 is 11.7 Å². The molecule has 1 amide bonds. The molecule has 190 valence electrons. The quantitative estimate of drug-likeness (QED) is 0.456. The van der Waals surface area contributed by atoms with Gasteiger partial charge in [0.05, 0.1) is 5.56 Å². The minimum Gasteiger partial charge on any atom is -0.367 e. The summed E-state index contributed by atoms with van der Waals surface area (Å²) in [6.45, 7) is 4.58. The number of aromatic nitrogens is 3. The van der Waals surface area contributed by atoms with Crippen molar-refractivity contribution < 1.29 is 18.0 Å². The van der Waals surface area contributed by atoms with Crippen LogP contribution in [-0.4, -0.2) is 70.1 Å². The smallest absolute Gasteiger partial charge is 0.367 e. The molecule has 1 aromatic carbocycles. The van der Waals surface area contributed by atoms with Crippen molar-refractivity contribution in [2.45, 2.75) is 49.0 Å². The monoisotopic (exact) mass is 508 g/mol. The third-order valence-corrected chi connectivity index (χ3v) is 8.59. The fourth-order valence-electron chi connectivity index (χ4n) is 5.66. The number of thioether (sulfide) groups is 1. The number of alkyl halides is 3. The van der Waals surface area contributed by atoms with Gasteiger partial charge in [-0.3, -0.25) is 4.79 Å². The van der Waals surface area contributed by atoms with Crippen molar-refractivity contribution in [3.63, 3.8) is 0 Å². The summed E-state index contributed by atoms with van der Waals surface area (Å²) in [6, 6.07) is 5.97. The van der Waals surface area contributed by atoms with Crippen LogP contribution in [0.3, 0.4) is 0 Å². The van der Waals surface area contributed by atoms with Crippen LogP contribution < -0.4 is 10.2 Å². The first-order valence-electron chi connectivity index (χ1n) is 12.2. The van der Waals surface area contributed by atoms with Gasteiger partial charge in [-0.2, -0.15) is 13.2 Å². The number of likely N-dealkylation sites (tertiary alicyclic amines) is 1. The van der Waals surface area contributed by atoms with Crippen LogP contribution in [0.5, 0.6) is 0 Å². The molecule has 0 bridgehead atoms. The number of amides is 1. The van der Waals surface area contributed by atoms with E-state index in [0.717, 1.165) is 67.9 Å². The van der Waals surface area contributed by atoms with Crippen LogP contribution in [0.25, 0.3) is 0 Å². The number of anilines is 1. The van der Waals surface area contributed by atoms with E-state index in [9.17, 15) is 18.0 Å². The molecule has 1 unspecified atom stereocenters. The largest absolute Gasteiger partial charge is 0.416 e. The van der Waals surface area contributed by atoms with Crippen LogP contribution in [-0.2, 0) is 18.0 Å². The van der Waals surface area contributed by atoms with Crippen LogP contribution >= 0.6 is 11.8 Å². The van der Waals surface area contributed by atoms with Crippen LogP contribution in [0.15, 0.2) is 29.4 Å². The summed E-state index contributed by atoms with van der Waals surface area (Å²) in [7, 11) is 1.97. The van der Waals surface area contributed by atoms with Gasteiger partial charge in [-0.05, 0) is 56.0 Å². The lowest BCUT2D eigenvalue weighted by Gasteiger charge is -2.27. The van der Waals surface area contributed by atoms with Gasteiger partial charge in [0.25, 0.3) is 0 Å². The first-order valence-corrected chi connectivity index (χ1v) is 13.2. The summed E-state index contributed by atoms with van der Waals surface area (Å²) in [5.41, 5.74) is 0.290. The van der Waals surface area contributed by atoms with Gasteiger partial charge in [0.15, 0.2) is 5.16 Å². The number of nitrogens with one attached hydrogen (secondary N) is 1. The Balaban J connectivity index is 1.09. The van der Waals surface area contributed by atoms with Crippen LogP contribution in [0.1, 0.15) is 43.0 Å². The van der Waals surface area contributed by atoms with Crippen molar-refractivity contribution in [3.8, 4) is 0 Å². The van der Waals surface area contributed by atoms with Crippen molar-refractivity contribution in [3.05, 3.63) is 35.7 Å². The SMILES string of the molecule is Cn1c(SCCCN2C[C@@H]3CCN(c4ccc(C(F)(F)F)cc4)[C@@H]3C2)nnc1C1CCNC(=O)C1. The zero-order valence-electron chi connectivity index (χ0n) is 19.8. The standard InChI is InChI=1S/C24H31F3N6OS/c1-31-22(16-7-9-28-21(34)13-16)29-30-23(31)35-12-2-10-32-14-17-8-11-33(20(17)15-32)19-5-3-18(4-6-19)24(25,26)27/h3-6,16-17,20H,2,7-15H2,1H3,(H,28,34)/t16?,17-,20+/m0/s1. The summed E-state index contributed by atoms with van der Waals surface area (Å²) >= 11 is 1.70. The number of hydrogen-bond donors (Lipinski definition) is 1. The molecule has 3 aliphatic heterocycles. The number of nitrogens with zero attached hydrogens (tertiary/aromatic N) is 5. The predicted molar refractivity (Wildman–Crippen MR) is 128 cm³/mol.